The number of nitrogens with zero attached hydrogens (tertiary/aromatic N) is 12. The van der Waals surface area contributed by atoms with Crippen molar-refractivity contribution in [3.8, 4) is 0 Å². The number of hydrogen-bond acceptors (Lipinski definition) is 12. The van der Waals surface area contributed by atoms with Crippen LogP contribution in [0.25, 0.3) is 21.5 Å². The smallest absolute Gasteiger partial charge is 0.377 e. The number of rotatable bonds is 0. The van der Waals surface area contributed by atoms with Gasteiger partial charge in [0, 0.05) is 93.4 Å². The van der Waals surface area contributed by atoms with Gasteiger partial charge in [0.25, 0.3) is 0 Å². The Balaban J connectivity index is 1.53. The summed E-state index contributed by atoms with van der Waals surface area (Å²) in [6.07, 6.45) is 13.2. The van der Waals surface area contributed by atoms with Crippen molar-refractivity contribution in [2.75, 3.05) is 0 Å². The molecule has 0 aliphatic carbocycles. The highest BCUT2D eigenvalue weighted by atomic mass is 28.4. The van der Waals surface area contributed by atoms with Gasteiger partial charge in [-0.3, -0.25) is 28.4 Å². The van der Waals surface area contributed by atoms with Crippen molar-refractivity contribution >= 4 is 65.4 Å². The van der Waals surface area contributed by atoms with Crippen LogP contribution in [0.5, 0.6) is 0 Å². The summed E-state index contributed by atoms with van der Waals surface area (Å²) < 4.78 is 2.75. The molecular formula is C28H14N12O2Si. The molecule has 4 aliphatic heterocycles. The molecule has 0 fully saturated rings. The molecule has 0 saturated carbocycles. The first-order chi connectivity index (χ1) is 21.1. The van der Waals surface area contributed by atoms with E-state index in [4.69, 9.17) is 30.0 Å². The van der Waals surface area contributed by atoms with Crippen LogP contribution in [-0.4, -0.2) is 70.2 Å². The van der Waals surface area contributed by atoms with E-state index >= 15 is 0 Å². The Morgan fingerprint density at radius 3 is 1.63 bits per heavy atom. The maximum Gasteiger partial charge on any atom is 0.597 e. The van der Waals surface area contributed by atoms with Crippen molar-refractivity contribution in [2.45, 2.75) is 0 Å². The summed E-state index contributed by atoms with van der Waals surface area (Å²) in [4.78, 5) is 71.8. The fourth-order valence-electron chi connectivity index (χ4n) is 6.05. The van der Waals surface area contributed by atoms with Crippen LogP contribution < -0.4 is 11.0 Å². The van der Waals surface area contributed by atoms with Gasteiger partial charge in [0.05, 0.1) is 0 Å². The summed E-state index contributed by atoms with van der Waals surface area (Å²) in [6.45, 7) is 0. The van der Waals surface area contributed by atoms with E-state index < -0.39 is 8.88 Å². The molecule has 2 N–H and O–H groups in total. The first-order valence-corrected chi connectivity index (χ1v) is 15.0. The molecule has 14 nitrogen and oxygen atoms in total. The highest BCUT2D eigenvalue weighted by Gasteiger charge is 2.46. The fraction of sp³-hybridized carbons (Fsp3) is 0. The van der Waals surface area contributed by atoms with E-state index in [1.54, 1.807) is 61.7 Å². The molecule has 6 bridgehead atoms. The van der Waals surface area contributed by atoms with Gasteiger partial charge in [-0.25, -0.2) is 30.0 Å². The van der Waals surface area contributed by atoms with Crippen molar-refractivity contribution < 1.29 is 9.59 Å². The van der Waals surface area contributed by atoms with Gasteiger partial charge in [-0.2, -0.15) is 0 Å². The van der Waals surface area contributed by atoms with Gasteiger partial charge < -0.3 is 9.59 Å². The first kappa shape index (κ1) is 22.7. The van der Waals surface area contributed by atoms with Crippen molar-refractivity contribution in [2.24, 2.45) is 30.0 Å². The number of aliphatic imine (C=N–C) groups is 4. The number of amidine groups is 4. The van der Waals surface area contributed by atoms with Gasteiger partial charge in [-0.15, -0.1) is 0 Å². The maximum absolute atomic E-state index is 12.6. The van der Waals surface area contributed by atoms with Crippen molar-refractivity contribution in [3.63, 3.8) is 0 Å². The number of pyridine rings is 4. The Labute approximate surface area is 240 Å². The Morgan fingerprint density at radius 2 is 0.930 bits per heavy atom. The molecule has 0 aromatic carbocycles. The maximum atomic E-state index is 12.6. The van der Waals surface area contributed by atoms with E-state index in [-0.39, 0.29) is 22.6 Å². The van der Waals surface area contributed by atoms with Gasteiger partial charge in [0.1, 0.15) is 22.6 Å². The van der Waals surface area contributed by atoms with Crippen LogP contribution in [0.15, 0.2) is 104 Å². The SMILES string of the molecule is O[Si]1(O)n2c3c4cnccc4c2/N=C2N=C(/N=c4/c5cnccc5/c(n41)=N/C1=NC(=N\3)/c3ccncc31)c1ccncc1\2. The molecule has 4 aliphatic rings. The summed E-state index contributed by atoms with van der Waals surface area (Å²) in [5.74, 6) is 1.84. The first-order valence-electron chi connectivity index (χ1n) is 13.2. The van der Waals surface area contributed by atoms with Gasteiger partial charge in [0.2, 0.25) is 0 Å². The predicted octanol–water partition coefficient (Wildman–Crippen LogP) is 0.936. The quantitative estimate of drug-likeness (QED) is 0.254. The molecule has 10 heterocycles. The molecule has 0 unspecified atom stereocenters. The molecular weight excluding hydrogens is 564 g/mol. The third-order valence-electron chi connectivity index (χ3n) is 7.93. The van der Waals surface area contributed by atoms with Crippen LogP contribution in [0, 0.1) is 0 Å². The summed E-state index contributed by atoms with van der Waals surface area (Å²) in [5.41, 5.74) is 3.21. The Bertz CT molecular complexity index is 2390. The van der Waals surface area contributed by atoms with Gasteiger partial charge in [-0.1, -0.05) is 0 Å². The average Bonchev–Trinajstić information content (AvgIpc) is 3.74. The van der Waals surface area contributed by atoms with Crippen LogP contribution in [0.1, 0.15) is 22.3 Å². The summed E-state index contributed by atoms with van der Waals surface area (Å²) >= 11 is 0. The Hall–Kier alpha value is -5.90. The lowest BCUT2D eigenvalue weighted by atomic mass is 10.1. The highest BCUT2D eigenvalue weighted by Crippen LogP contribution is 2.41. The molecule has 6 aromatic heterocycles. The molecule has 6 aromatic rings. The lowest BCUT2D eigenvalue weighted by Gasteiger charge is -2.23. The molecule has 0 radical (unpaired) electrons. The molecule has 43 heavy (non-hydrogen) atoms. The lowest BCUT2D eigenvalue weighted by Crippen LogP contribution is -2.60. The standard InChI is InChI=1S/C28H14N12O2Si/c41-43(42)39-26-15-3-7-31-11-19(15)27(39)35-21-13-1-5-29-9-17(13)23(33-21)37-25-16-4-8-32-12-20(16)28(40(25)43)36-22-14-2-6-30-10-18(14)24(34-22)38-26/h1-12,41-42H/b35-21-,35-27?,36-22?,36-28-,37-23?,37-25-,38-24-,38-26?. The largest absolute Gasteiger partial charge is 0.597 e. The van der Waals surface area contributed by atoms with Crippen LogP contribution in [0.2, 0.25) is 0 Å². The lowest BCUT2D eigenvalue weighted by molar-refractivity contribution is 0.324. The van der Waals surface area contributed by atoms with Crippen LogP contribution in [-0.2, 0) is 0 Å². The minimum absolute atomic E-state index is 0.228. The molecule has 0 amide bonds. The molecule has 15 heteroatoms. The van der Waals surface area contributed by atoms with Gasteiger partial charge >= 0.3 is 8.88 Å². The van der Waals surface area contributed by atoms with E-state index in [1.165, 1.54) is 8.47 Å². The predicted molar refractivity (Wildman–Crippen MR) is 157 cm³/mol. The minimum Gasteiger partial charge on any atom is -0.377 e. The second-order valence-electron chi connectivity index (χ2n) is 10.2. The van der Waals surface area contributed by atoms with Crippen LogP contribution in [0.4, 0.5) is 11.6 Å². The van der Waals surface area contributed by atoms with Crippen molar-refractivity contribution in [1.29, 1.82) is 0 Å². The highest BCUT2D eigenvalue weighted by molar-refractivity contribution is 6.63. The number of fused-ring (bicyclic) bond motifs is 14. The minimum atomic E-state index is -4.88. The summed E-state index contributed by atoms with van der Waals surface area (Å²) in [7, 11) is -4.88. The topological polar surface area (TPSA) is 176 Å². The van der Waals surface area contributed by atoms with E-state index in [1.807, 2.05) is 12.1 Å². The third-order valence-corrected chi connectivity index (χ3v) is 9.98. The summed E-state index contributed by atoms with van der Waals surface area (Å²) in [5, 5.41) is 2.31. The van der Waals surface area contributed by atoms with Gasteiger partial charge in [-0.05, 0) is 24.3 Å². The van der Waals surface area contributed by atoms with E-state index in [0.29, 0.717) is 67.1 Å². The second-order valence-corrected chi connectivity index (χ2v) is 12.3. The Kier molecular flexibility index (Phi) is 4.06. The molecule has 10 rings (SSSR count). The van der Waals surface area contributed by atoms with Gasteiger partial charge in [0.15, 0.2) is 23.3 Å². The second kappa shape index (κ2) is 7.68. The van der Waals surface area contributed by atoms with Crippen molar-refractivity contribution in [3.05, 3.63) is 107 Å². The average molecular weight is 579 g/mol. The van der Waals surface area contributed by atoms with Crippen LogP contribution in [0.3, 0.4) is 0 Å². The zero-order valence-electron chi connectivity index (χ0n) is 21.7. The van der Waals surface area contributed by atoms with Crippen molar-refractivity contribution in [1.82, 2.24) is 28.4 Å². The molecule has 0 atom stereocenters. The third kappa shape index (κ3) is 2.82. The van der Waals surface area contributed by atoms with E-state index in [0.717, 1.165) is 0 Å². The monoisotopic (exact) mass is 578 g/mol. The summed E-state index contributed by atoms with van der Waals surface area (Å²) in [6, 6.07) is 7.15. The zero-order chi connectivity index (χ0) is 28.4. The zero-order valence-corrected chi connectivity index (χ0v) is 22.7. The number of hydrogen-bond donors (Lipinski definition) is 2. The van der Waals surface area contributed by atoms with E-state index in [9.17, 15) is 9.59 Å². The van der Waals surface area contributed by atoms with E-state index in [2.05, 4.69) is 19.9 Å². The molecule has 202 valence electrons. The van der Waals surface area contributed by atoms with Crippen LogP contribution >= 0.6 is 0 Å². The molecule has 0 spiro atoms. The normalized spacial score (nSPS) is 20.8. The Morgan fingerprint density at radius 1 is 0.442 bits per heavy atom. The fourth-order valence-corrected chi connectivity index (χ4v) is 8.06. The molecule has 0 saturated heterocycles. The number of aromatic nitrogens is 6.